The highest BCUT2D eigenvalue weighted by molar-refractivity contribution is 6.32. The van der Waals surface area contributed by atoms with Gasteiger partial charge in [0.05, 0.1) is 16.9 Å². The zero-order valence-electron chi connectivity index (χ0n) is 7.40. The van der Waals surface area contributed by atoms with Crippen molar-refractivity contribution in [1.82, 2.24) is 0 Å². The molecule has 0 N–H and O–H groups in total. The summed E-state index contributed by atoms with van der Waals surface area (Å²) in [6.07, 6.45) is 0. The summed E-state index contributed by atoms with van der Waals surface area (Å²) in [4.78, 5) is 10.1. The first-order chi connectivity index (χ1) is 6.57. The van der Waals surface area contributed by atoms with Crippen molar-refractivity contribution in [3.63, 3.8) is 0 Å². The first-order valence-electron chi connectivity index (χ1n) is 3.90. The molecular formula is C9H7ClN2O2. The van der Waals surface area contributed by atoms with Crippen molar-refractivity contribution in [2.24, 2.45) is 0 Å². The highest BCUT2D eigenvalue weighted by Crippen LogP contribution is 2.32. The van der Waals surface area contributed by atoms with Crippen molar-refractivity contribution >= 4 is 17.3 Å². The molecule has 5 heteroatoms. The van der Waals surface area contributed by atoms with Crippen molar-refractivity contribution in [3.8, 4) is 6.07 Å². The average Bonchev–Trinajstić information content (AvgIpc) is 2.15. The molecule has 1 atom stereocenters. The van der Waals surface area contributed by atoms with Gasteiger partial charge in [-0.15, -0.1) is 0 Å². The maximum Gasteiger partial charge on any atom is 0.292 e. The number of nitro benzene ring substituents is 1. The van der Waals surface area contributed by atoms with Gasteiger partial charge in [-0.05, 0) is 13.0 Å². The molecule has 1 unspecified atom stereocenters. The van der Waals surface area contributed by atoms with Crippen LogP contribution in [0.1, 0.15) is 18.4 Å². The van der Waals surface area contributed by atoms with Crippen LogP contribution >= 0.6 is 11.6 Å². The summed E-state index contributed by atoms with van der Waals surface area (Å²) in [7, 11) is 0. The molecule has 4 nitrogen and oxygen atoms in total. The second kappa shape index (κ2) is 4.07. The van der Waals surface area contributed by atoms with E-state index in [1.54, 1.807) is 13.0 Å². The molecule has 1 rings (SSSR count). The molecule has 72 valence electrons. The van der Waals surface area contributed by atoms with E-state index in [4.69, 9.17) is 16.9 Å². The molecule has 0 amide bonds. The van der Waals surface area contributed by atoms with Gasteiger partial charge in [0, 0.05) is 5.56 Å². The number of nitriles is 1. The van der Waals surface area contributed by atoms with Crippen LogP contribution in [0.5, 0.6) is 0 Å². The maximum atomic E-state index is 10.7. The van der Waals surface area contributed by atoms with Crippen molar-refractivity contribution in [3.05, 3.63) is 38.9 Å². The third-order valence-corrected chi connectivity index (χ3v) is 2.17. The molecule has 14 heavy (non-hydrogen) atoms. The smallest absolute Gasteiger partial charge is 0.258 e. The van der Waals surface area contributed by atoms with E-state index in [0.717, 1.165) is 0 Å². The molecule has 0 fully saturated rings. The van der Waals surface area contributed by atoms with Gasteiger partial charge in [0.25, 0.3) is 5.69 Å². The van der Waals surface area contributed by atoms with E-state index in [1.165, 1.54) is 12.1 Å². The van der Waals surface area contributed by atoms with Gasteiger partial charge in [0.15, 0.2) is 0 Å². The van der Waals surface area contributed by atoms with E-state index in [9.17, 15) is 10.1 Å². The number of hydrogen-bond donors (Lipinski definition) is 0. The molecular weight excluding hydrogens is 204 g/mol. The van der Waals surface area contributed by atoms with E-state index < -0.39 is 10.8 Å². The predicted molar refractivity (Wildman–Crippen MR) is 52.1 cm³/mol. The third kappa shape index (κ3) is 1.83. The van der Waals surface area contributed by atoms with Crippen LogP contribution in [-0.2, 0) is 0 Å². The molecule has 1 aromatic carbocycles. The molecule has 0 saturated heterocycles. The Balaban J connectivity index is 3.37. The fourth-order valence-electron chi connectivity index (χ4n) is 1.14. The van der Waals surface area contributed by atoms with Crippen LogP contribution < -0.4 is 0 Å². The largest absolute Gasteiger partial charge is 0.292 e. The Morgan fingerprint density at radius 3 is 2.79 bits per heavy atom. The van der Waals surface area contributed by atoms with Crippen LogP contribution in [0.25, 0.3) is 0 Å². The summed E-state index contributed by atoms with van der Waals surface area (Å²) < 4.78 is 0. The Bertz CT molecular complexity index is 412. The Hall–Kier alpha value is -1.60. The number of hydrogen-bond acceptors (Lipinski definition) is 3. The van der Waals surface area contributed by atoms with Crippen LogP contribution in [-0.4, -0.2) is 4.92 Å². The molecule has 0 radical (unpaired) electrons. The maximum absolute atomic E-state index is 10.7. The van der Waals surface area contributed by atoms with Crippen LogP contribution in [0.4, 0.5) is 5.69 Å². The van der Waals surface area contributed by atoms with Crippen LogP contribution in [0, 0.1) is 21.4 Å². The Kier molecular flexibility index (Phi) is 3.05. The average molecular weight is 211 g/mol. The van der Waals surface area contributed by atoms with Crippen molar-refractivity contribution in [1.29, 1.82) is 5.26 Å². The van der Waals surface area contributed by atoms with Gasteiger partial charge >= 0.3 is 0 Å². The van der Waals surface area contributed by atoms with E-state index >= 15 is 0 Å². The third-order valence-electron chi connectivity index (χ3n) is 1.86. The second-order valence-electron chi connectivity index (χ2n) is 2.79. The van der Waals surface area contributed by atoms with Gasteiger partial charge in [-0.2, -0.15) is 5.26 Å². The predicted octanol–water partition coefficient (Wildman–Crippen LogP) is 2.88. The lowest BCUT2D eigenvalue weighted by atomic mass is 10.0. The van der Waals surface area contributed by atoms with Crippen molar-refractivity contribution in [2.75, 3.05) is 0 Å². The molecule has 0 aliphatic carbocycles. The topological polar surface area (TPSA) is 66.9 Å². The summed E-state index contributed by atoms with van der Waals surface area (Å²) in [5.41, 5.74) is 0.174. The summed E-state index contributed by atoms with van der Waals surface area (Å²) in [6.45, 7) is 1.60. The summed E-state index contributed by atoms with van der Waals surface area (Å²) >= 11 is 5.67. The minimum Gasteiger partial charge on any atom is -0.258 e. The van der Waals surface area contributed by atoms with Crippen LogP contribution in [0.15, 0.2) is 18.2 Å². The van der Waals surface area contributed by atoms with Crippen molar-refractivity contribution < 1.29 is 4.92 Å². The quantitative estimate of drug-likeness (QED) is 0.557. The van der Waals surface area contributed by atoms with Gasteiger partial charge in [-0.1, -0.05) is 23.7 Å². The second-order valence-corrected chi connectivity index (χ2v) is 3.19. The van der Waals surface area contributed by atoms with Gasteiger partial charge in [-0.25, -0.2) is 0 Å². The van der Waals surface area contributed by atoms with Gasteiger partial charge in [0.2, 0.25) is 0 Å². The normalized spacial score (nSPS) is 11.8. The fraction of sp³-hybridized carbons (Fsp3) is 0.222. The molecule has 0 aromatic heterocycles. The number of halogens is 1. The summed E-state index contributed by atoms with van der Waals surface area (Å²) in [6, 6.07) is 6.51. The van der Waals surface area contributed by atoms with Gasteiger partial charge in [-0.3, -0.25) is 10.1 Å². The number of rotatable bonds is 2. The van der Waals surface area contributed by atoms with Crippen molar-refractivity contribution in [2.45, 2.75) is 12.8 Å². The van der Waals surface area contributed by atoms with Gasteiger partial charge < -0.3 is 0 Å². The minimum absolute atomic E-state index is 0.0644. The molecule has 0 heterocycles. The van der Waals surface area contributed by atoms with E-state index in [2.05, 4.69) is 0 Å². The molecule has 0 bridgehead atoms. The zero-order chi connectivity index (χ0) is 10.7. The Morgan fingerprint density at radius 2 is 2.29 bits per heavy atom. The highest BCUT2D eigenvalue weighted by Gasteiger charge is 2.21. The molecule has 1 aromatic rings. The minimum atomic E-state index is -0.564. The lowest BCUT2D eigenvalue weighted by Gasteiger charge is -2.04. The lowest BCUT2D eigenvalue weighted by molar-refractivity contribution is -0.385. The monoisotopic (exact) mass is 210 g/mol. The van der Waals surface area contributed by atoms with Crippen LogP contribution in [0.3, 0.4) is 0 Å². The van der Waals surface area contributed by atoms with E-state index in [0.29, 0.717) is 5.56 Å². The number of benzene rings is 1. The first-order valence-corrected chi connectivity index (χ1v) is 4.28. The standard InChI is InChI=1S/C9H7ClN2O2/c1-6(5-11)7-3-2-4-8(10)9(7)12(13)14/h2-4,6H,1H3. The Morgan fingerprint density at radius 1 is 1.64 bits per heavy atom. The first kappa shape index (κ1) is 10.5. The summed E-state index contributed by atoms with van der Waals surface area (Å²) in [5.74, 6) is -0.533. The zero-order valence-corrected chi connectivity index (χ0v) is 8.15. The fourth-order valence-corrected chi connectivity index (χ4v) is 1.39. The Labute approximate surface area is 85.9 Å². The van der Waals surface area contributed by atoms with E-state index in [1.807, 2.05) is 6.07 Å². The molecule has 0 aliphatic rings. The molecule has 0 aliphatic heterocycles. The van der Waals surface area contributed by atoms with E-state index in [-0.39, 0.29) is 10.7 Å². The van der Waals surface area contributed by atoms with Crippen LogP contribution in [0.2, 0.25) is 5.02 Å². The molecule has 0 saturated carbocycles. The number of para-hydroxylation sites is 1. The molecule has 0 spiro atoms. The van der Waals surface area contributed by atoms with Gasteiger partial charge in [0.1, 0.15) is 5.02 Å². The summed E-state index contributed by atoms with van der Waals surface area (Å²) in [5, 5.41) is 19.4. The highest BCUT2D eigenvalue weighted by atomic mass is 35.5. The SMILES string of the molecule is CC(C#N)c1cccc(Cl)c1[N+](=O)[O-]. The number of nitro groups is 1. The number of nitrogens with zero attached hydrogens (tertiary/aromatic N) is 2. The lowest BCUT2D eigenvalue weighted by Crippen LogP contribution is -1.98.